The second-order valence-corrected chi connectivity index (χ2v) is 3.59. The predicted molar refractivity (Wildman–Crippen MR) is 54.6 cm³/mol. The second-order valence-electron chi connectivity index (χ2n) is 3.59. The SMILES string of the molecule is CCN(Cc1ccco1)C(=O)C(C)C. The van der Waals surface area contributed by atoms with Crippen molar-refractivity contribution in [2.45, 2.75) is 27.3 Å². The standard InChI is InChI=1S/C11H17NO2/c1-4-12(11(13)9(2)3)8-10-6-5-7-14-10/h5-7,9H,4,8H2,1-3H3. The van der Waals surface area contributed by atoms with E-state index in [-0.39, 0.29) is 11.8 Å². The molecule has 1 rings (SSSR count). The van der Waals surface area contributed by atoms with Crippen molar-refractivity contribution in [1.82, 2.24) is 4.90 Å². The lowest BCUT2D eigenvalue weighted by molar-refractivity contribution is -0.135. The van der Waals surface area contributed by atoms with Gasteiger partial charge in [-0.25, -0.2) is 0 Å². The molecule has 0 saturated carbocycles. The number of carbonyl (C=O) groups excluding carboxylic acids is 1. The first-order chi connectivity index (χ1) is 6.65. The summed E-state index contributed by atoms with van der Waals surface area (Å²) in [6, 6.07) is 3.72. The highest BCUT2D eigenvalue weighted by Gasteiger charge is 2.16. The number of carbonyl (C=O) groups is 1. The molecule has 0 aromatic carbocycles. The minimum atomic E-state index is 0.0462. The van der Waals surface area contributed by atoms with E-state index < -0.39 is 0 Å². The molecule has 0 spiro atoms. The molecular weight excluding hydrogens is 178 g/mol. The number of rotatable bonds is 4. The fourth-order valence-electron chi connectivity index (χ4n) is 1.30. The molecule has 78 valence electrons. The maximum absolute atomic E-state index is 11.7. The van der Waals surface area contributed by atoms with E-state index in [1.165, 1.54) is 0 Å². The van der Waals surface area contributed by atoms with Gasteiger partial charge in [0.05, 0.1) is 12.8 Å². The Morgan fingerprint density at radius 3 is 2.71 bits per heavy atom. The first-order valence-electron chi connectivity index (χ1n) is 4.96. The Hall–Kier alpha value is -1.25. The first kappa shape index (κ1) is 10.8. The van der Waals surface area contributed by atoms with Crippen LogP contribution >= 0.6 is 0 Å². The van der Waals surface area contributed by atoms with Crippen molar-refractivity contribution in [3.63, 3.8) is 0 Å². The normalized spacial score (nSPS) is 10.6. The van der Waals surface area contributed by atoms with E-state index in [2.05, 4.69) is 0 Å². The Morgan fingerprint density at radius 2 is 2.29 bits per heavy atom. The van der Waals surface area contributed by atoms with Crippen molar-refractivity contribution < 1.29 is 9.21 Å². The van der Waals surface area contributed by atoms with Crippen LogP contribution in [0.2, 0.25) is 0 Å². The third-order valence-electron chi connectivity index (χ3n) is 2.11. The van der Waals surface area contributed by atoms with Gasteiger partial charge in [-0.15, -0.1) is 0 Å². The summed E-state index contributed by atoms with van der Waals surface area (Å²) in [6.45, 7) is 7.09. The lowest BCUT2D eigenvalue weighted by Crippen LogP contribution is -2.33. The molecule has 0 radical (unpaired) electrons. The van der Waals surface area contributed by atoms with E-state index in [1.807, 2.05) is 32.9 Å². The fraction of sp³-hybridized carbons (Fsp3) is 0.545. The summed E-state index contributed by atoms with van der Waals surface area (Å²) in [5.41, 5.74) is 0. The molecule has 14 heavy (non-hydrogen) atoms. The van der Waals surface area contributed by atoms with Crippen LogP contribution in [0.3, 0.4) is 0 Å². The fourth-order valence-corrected chi connectivity index (χ4v) is 1.30. The molecule has 0 aliphatic carbocycles. The van der Waals surface area contributed by atoms with E-state index in [9.17, 15) is 4.79 Å². The Morgan fingerprint density at radius 1 is 1.57 bits per heavy atom. The number of hydrogen-bond donors (Lipinski definition) is 0. The van der Waals surface area contributed by atoms with Crippen molar-refractivity contribution in [3.8, 4) is 0 Å². The van der Waals surface area contributed by atoms with Gasteiger partial charge in [-0.1, -0.05) is 13.8 Å². The zero-order chi connectivity index (χ0) is 10.6. The topological polar surface area (TPSA) is 33.5 Å². The van der Waals surface area contributed by atoms with Crippen LogP contribution < -0.4 is 0 Å². The van der Waals surface area contributed by atoms with Gasteiger partial charge in [0.2, 0.25) is 5.91 Å². The number of hydrogen-bond acceptors (Lipinski definition) is 2. The molecule has 1 heterocycles. The van der Waals surface area contributed by atoms with Gasteiger partial charge in [0.15, 0.2) is 0 Å². The zero-order valence-electron chi connectivity index (χ0n) is 8.99. The Kier molecular flexibility index (Phi) is 3.74. The smallest absolute Gasteiger partial charge is 0.225 e. The Bertz CT molecular complexity index is 277. The minimum Gasteiger partial charge on any atom is -0.467 e. The lowest BCUT2D eigenvalue weighted by atomic mass is 10.2. The summed E-state index contributed by atoms with van der Waals surface area (Å²) < 4.78 is 5.20. The quantitative estimate of drug-likeness (QED) is 0.738. The molecule has 0 N–H and O–H groups in total. The highest BCUT2D eigenvalue weighted by atomic mass is 16.3. The van der Waals surface area contributed by atoms with E-state index in [1.54, 1.807) is 11.2 Å². The molecule has 0 aliphatic heterocycles. The molecule has 1 aromatic heterocycles. The van der Waals surface area contributed by atoms with Crippen LogP contribution in [0.25, 0.3) is 0 Å². The summed E-state index contributed by atoms with van der Waals surface area (Å²) in [6.07, 6.45) is 1.63. The zero-order valence-corrected chi connectivity index (χ0v) is 8.99. The third-order valence-corrected chi connectivity index (χ3v) is 2.11. The second kappa shape index (κ2) is 4.84. The van der Waals surface area contributed by atoms with Crippen molar-refractivity contribution in [3.05, 3.63) is 24.2 Å². The highest BCUT2D eigenvalue weighted by Crippen LogP contribution is 2.08. The van der Waals surface area contributed by atoms with E-state index in [4.69, 9.17) is 4.42 Å². The maximum atomic E-state index is 11.7. The number of nitrogens with zero attached hydrogens (tertiary/aromatic N) is 1. The van der Waals surface area contributed by atoms with Crippen LogP contribution in [-0.4, -0.2) is 17.4 Å². The summed E-state index contributed by atoms with van der Waals surface area (Å²) in [5, 5.41) is 0. The van der Waals surface area contributed by atoms with E-state index in [0.29, 0.717) is 6.54 Å². The van der Waals surface area contributed by atoms with Crippen molar-refractivity contribution in [1.29, 1.82) is 0 Å². The van der Waals surface area contributed by atoms with Crippen LogP contribution in [-0.2, 0) is 11.3 Å². The Balaban J connectivity index is 2.60. The summed E-state index contributed by atoms with van der Waals surface area (Å²) in [4.78, 5) is 13.5. The monoisotopic (exact) mass is 195 g/mol. The molecule has 0 bridgehead atoms. The molecule has 0 saturated heterocycles. The van der Waals surface area contributed by atoms with Crippen LogP contribution in [0.1, 0.15) is 26.5 Å². The average molecular weight is 195 g/mol. The molecule has 0 fully saturated rings. The van der Waals surface area contributed by atoms with Gasteiger partial charge in [0.25, 0.3) is 0 Å². The van der Waals surface area contributed by atoms with Crippen LogP contribution in [0, 0.1) is 5.92 Å². The van der Waals surface area contributed by atoms with Gasteiger partial charge < -0.3 is 9.32 Å². The molecular formula is C11H17NO2. The lowest BCUT2D eigenvalue weighted by Gasteiger charge is -2.21. The van der Waals surface area contributed by atoms with Crippen LogP contribution in [0.15, 0.2) is 22.8 Å². The van der Waals surface area contributed by atoms with E-state index in [0.717, 1.165) is 12.3 Å². The van der Waals surface area contributed by atoms with Crippen LogP contribution in [0.4, 0.5) is 0 Å². The Labute approximate surface area is 84.7 Å². The number of furan rings is 1. The van der Waals surface area contributed by atoms with Gasteiger partial charge >= 0.3 is 0 Å². The summed E-state index contributed by atoms with van der Waals surface area (Å²) in [7, 11) is 0. The molecule has 0 atom stereocenters. The highest BCUT2D eigenvalue weighted by molar-refractivity contribution is 5.77. The number of amides is 1. The summed E-state index contributed by atoms with van der Waals surface area (Å²) in [5.74, 6) is 1.05. The van der Waals surface area contributed by atoms with Gasteiger partial charge in [-0.05, 0) is 19.1 Å². The summed E-state index contributed by atoms with van der Waals surface area (Å²) >= 11 is 0. The average Bonchev–Trinajstić information content (AvgIpc) is 2.65. The minimum absolute atomic E-state index is 0.0462. The van der Waals surface area contributed by atoms with Gasteiger partial charge in [-0.3, -0.25) is 4.79 Å². The largest absolute Gasteiger partial charge is 0.467 e. The van der Waals surface area contributed by atoms with Crippen molar-refractivity contribution in [2.24, 2.45) is 5.92 Å². The molecule has 3 heteroatoms. The molecule has 0 aliphatic rings. The van der Waals surface area contributed by atoms with Crippen LogP contribution in [0.5, 0.6) is 0 Å². The van der Waals surface area contributed by atoms with Crippen molar-refractivity contribution >= 4 is 5.91 Å². The van der Waals surface area contributed by atoms with Gasteiger partial charge in [0.1, 0.15) is 5.76 Å². The molecule has 1 amide bonds. The maximum Gasteiger partial charge on any atom is 0.225 e. The predicted octanol–water partition coefficient (Wildman–Crippen LogP) is 2.28. The molecule has 1 aromatic rings. The first-order valence-corrected chi connectivity index (χ1v) is 4.96. The molecule has 0 unspecified atom stereocenters. The molecule has 3 nitrogen and oxygen atoms in total. The third kappa shape index (κ3) is 2.62. The van der Waals surface area contributed by atoms with Gasteiger partial charge in [-0.2, -0.15) is 0 Å². The van der Waals surface area contributed by atoms with E-state index >= 15 is 0 Å². The van der Waals surface area contributed by atoms with Gasteiger partial charge in [0, 0.05) is 12.5 Å². The van der Waals surface area contributed by atoms with Crippen molar-refractivity contribution in [2.75, 3.05) is 6.54 Å².